The molecule has 0 spiro atoms. The Hall–Kier alpha value is -3.20. The first-order chi connectivity index (χ1) is 12.0. The van der Waals surface area contributed by atoms with E-state index in [2.05, 4.69) is 10.3 Å². The minimum atomic E-state index is -0.967. The molecule has 3 rings (SSSR count). The monoisotopic (exact) mass is 343 g/mol. The number of ether oxygens (including phenoxy) is 1. The number of rotatable bonds is 4. The first kappa shape index (κ1) is 16.7. The van der Waals surface area contributed by atoms with Crippen molar-refractivity contribution in [2.45, 2.75) is 13.2 Å². The van der Waals surface area contributed by atoms with Crippen molar-refractivity contribution in [3.63, 3.8) is 0 Å². The van der Waals surface area contributed by atoms with Crippen molar-refractivity contribution in [3.05, 3.63) is 41.6 Å². The average Bonchev–Trinajstić information content (AvgIpc) is 2.60. The van der Waals surface area contributed by atoms with Crippen molar-refractivity contribution in [1.82, 2.24) is 14.9 Å². The van der Waals surface area contributed by atoms with Gasteiger partial charge in [-0.25, -0.2) is 4.98 Å². The van der Waals surface area contributed by atoms with Crippen LogP contribution in [0.2, 0.25) is 0 Å². The summed E-state index contributed by atoms with van der Waals surface area (Å²) in [5, 5.41) is 19.5. The summed E-state index contributed by atoms with van der Waals surface area (Å²) in [6.07, 6.45) is 2.49. The van der Waals surface area contributed by atoms with E-state index in [4.69, 9.17) is 10.1 Å². The highest BCUT2D eigenvalue weighted by Gasteiger charge is 2.23. The lowest BCUT2D eigenvalue weighted by atomic mass is 10.2. The summed E-state index contributed by atoms with van der Waals surface area (Å²) < 4.78 is 6.75. The quantitative estimate of drug-likeness (QED) is 0.531. The Morgan fingerprint density at radius 2 is 2.32 bits per heavy atom. The molecule has 0 bridgehead atoms. The third-order valence-electron chi connectivity index (χ3n) is 3.66. The van der Waals surface area contributed by atoms with Gasteiger partial charge >= 0.3 is 0 Å². The van der Waals surface area contributed by atoms with Gasteiger partial charge in [0.1, 0.15) is 18.3 Å². The summed E-state index contributed by atoms with van der Waals surface area (Å²) >= 11 is 0. The third-order valence-corrected chi connectivity index (χ3v) is 3.66. The molecule has 3 N–H and O–H groups in total. The van der Waals surface area contributed by atoms with E-state index in [9.17, 15) is 14.7 Å². The first-order valence-corrected chi connectivity index (χ1v) is 7.61. The molecule has 3 heterocycles. The molecule has 25 heavy (non-hydrogen) atoms. The fourth-order valence-corrected chi connectivity index (χ4v) is 2.51. The molecular weight excluding hydrogens is 326 g/mol. The minimum Gasteiger partial charge on any atom is -0.488 e. The number of aromatic nitrogens is 2. The molecule has 0 radical (unpaired) electrons. The second kappa shape index (κ2) is 6.73. The number of carbonyl (C=O) groups is 2. The van der Waals surface area contributed by atoms with Crippen LogP contribution in [-0.4, -0.2) is 46.4 Å². The molecule has 1 atom stereocenters. The van der Waals surface area contributed by atoms with Gasteiger partial charge in [0.05, 0.1) is 12.1 Å². The Labute approximate surface area is 143 Å². The fourth-order valence-electron chi connectivity index (χ4n) is 2.51. The number of carbonyl (C=O) groups excluding carboxylic acids is 2. The van der Waals surface area contributed by atoms with Crippen LogP contribution in [0.1, 0.15) is 17.3 Å². The average molecular weight is 343 g/mol. The number of aliphatic hydroxyl groups is 1. The van der Waals surface area contributed by atoms with Crippen molar-refractivity contribution in [2.24, 2.45) is 0 Å². The third kappa shape index (κ3) is 3.36. The smallest absolute Gasteiger partial charge is 0.254 e. The highest BCUT2D eigenvalue weighted by atomic mass is 16.5. The molecule has 1 amide bonds. The molecule has 1 aliphatic heterocycles. The predicted molar refractivity (Wildman–Crippen MR) is 88.3 cm³/mol. The van der Waals surface area contributed by atoms with Gasteiger partial charge in [0.15, 0.2) is 11.6 Å². The molecule has 0 aromatic carbocycles. The fraction of sp³-hybridized carbons (Fsp3) is 0.250. The molecule has 130 valence electrons. The van der Waals surface area contributed by atoms with E-state index in [1.54, 1.807) is 18.2 Å². The normalized spacial score (nSPS) is 14.2. The summed E-state index contributed by atoms with van der Waals surface area (Å²) in [7, 11) is 0. The number of hydrogen-bond acceptors (Lipinski definition) is 7. The van der Waals surface area contributed by atoms with Crippen molar-refractivity contribution in [3.8, 4) is 5.75 Å². The van der Waals surface area contributed by atoms with Crippen molar-refractivity contribution < 1.29 is 19.4 Å². The van der Waals surface area contributed by atoms with E-state index >= 15 is 0 Å². The SMILES string of the molecule is C[C@@H](O)NC(=O)c1cnc2c(c1)OCCN2c1ccn(C=O)c(=N)c1. The molecule has 1 aliphatic rings. The number of aliphatic hydroxyl groups excluding tert-OH is 1. The Morgan fingerprint density at radius 1 is 1.52 bits per heavy atom. The molecule has 0 fully saturated rings. The van der Waals surface area contributed by atoms with Gasteiger partial charge in [0.2, 0.25) is 6.41 Å². The standard InChI is InChI=1S/C16H17N5O4/c1-10(23)19-16(24)11-6-13-15(18-8-11)21(4-5-25-13)12-2-3-20(9-22)14(17)7-12/h2-3,6-10,17,23H,4-5H2,1H3,(H,19,24)/t10-/m1/s1. The first-order valence-electron chi connectivity index (χ1n) is 7.61. The van der Waals surface area contributed by atoms with Crippen LogP contribution in [0.5, 0.6) is 5.75 Å². The van der Waals surface area contributed by atoms with Crippen LogP contribution in [0.25, 0.3) is 0 Å². The van der Waals surface area contributed by atoms with Crippen molar-refractivity contribution in [1.29, 1.82) is 5.41 Å². The molecule has 2 aromatic rings. The van der Waals surface area contributed by atoms with E-state index in [1.807, 2.05) is 4.90 Å². The van der Waals surface area contributed by atoms with E-state index < -0.39 is 12.1 Å². The topological polar surface area (TPSA) is 121 Å². The number of nitrogens with zero attached hydrogens (tertiary/aromatic N) is 3. The Morgan fingerprint density at radius 3 is 3.00 bits per heavy atom. The predicted octanol–water partition coefficient (Wildman–Crippen LogP) is -0.000530. The van der Waals surface area contributed by atoms with E-state index in [-0.39, 0.29) is 11.1 Å². The summed E-state index contributed by atoms with van der Waals surface area (Å²) in [5.74, 6) is 0.498. The molecule has 2 aromatic heterocycles. The zero-order chi connectivity index (χ0) is 18.0. The van der Waals surface area contributed by atoms with Crippen LogP contribution < -0.4 is 20.4 Å². The second-order valence-electron chi connectivity index (χ2n) is 5.48. The maximum Gasteiger partial charge on any atom is 0.254 e. The lowest BCUT2D eigenvalue weighted by Gasteiger charge is -2.30. The number of nitrogens with one attached hydrogen (secondary N) is 2. The van der Waals surface area contributed by atoms with Gasteiger partial charge in [-0.05, 0) is 19.1 Å². The molecular formula is C16H17N5O4. The molecule has 9 heteroatoms. The van der Waals surface area contributed by atoms with Crippen molar-refractivity contribution in [2.75, 3.05) is 18.1 Å². The summed E-state index contributed by atoms with van der Waals surface area (Å²) in [6, 6.07) is 4.82. The van der Waals surface area contributed by atoms with Crippen LogP contribution in [0, 0.1) is 5.41 Å². The molecule has 9 nitrogen and oxygen atoms in total. The second-order valence-corrected chi connectivity index (χ2v) is 5.48. The molecule has 0 unspecified atom stereocenters. The molecule has 0 aliphatic carbocycles. The zero-order valence-electron chi connectivity index (χ0n) is 13.5. The number of hydrogen-bond donors (Lipinski definition) is 3. The summed E-state index contributed by atoms with van der Waals surface area (Å²) in [4.78, 5) is 28.9. The lowest BCUT2D eigenvalue weighted by Crippen LogP contribution is -2.33. The largest absolute Gasteiger partial charge is 0.488 e. The number of amides is 1. The Kier molecular flexibility index (Phi) is 4.48. The van der Waals surface area contributed by atoms with Crippen LogP contribution in [0.3, 0.4) is 0 Å². The number of fused-ring (bicyclic) bond motifs is 1. The highest BCUT2D eigenvalue weighted by Crippen LogP contribution is 2.34. The molecule has 0 saturated heterocycles. The van der Waals surface area contributed by atoms with Crippen LogP contribution in [0.15, 0.2) is 30.6 Å². The van der Waals surface area contributed by atoms with Gasteiger partial charge in [-0.3, -0.25) is 19.6 Å². The van der Waals surface area contributed by atoms with Crippen molar-refractivity contribution >= 4 is 23.8 Å². The number of anilines is 2. The van der Waals surface area contributed by atoms with Gasteiger partial charge in [0.25, 0.3) is 5.91 Å². The van der Waals surface area contributed by atoms with Gasteiger partial charge in [-0.2, -0.15) is 0 Å². The summed E-state index contributed by atoms with van der Waals surface area (Å²) in [6.45, 7) is 2.34. The lowest BCUT2D eigenvalue weighted by molar-refractivity contribution is 0.0818. The van der Waals surface area contributed by atoms with Crippen LogP contribution in [0.4, 0.5) is 11.5 Å². The number of pyridine rings is 2. The Balaban J connectivity index is 1.95. The molecule has 0 saturated carbocycles. The summed E-state index contributed by atoms with van der Waals surface area (Å²) in [5.41, 5.74) is 1.02. The van der Waals surface area contributed by atoms with E-state index in [0.717, 1.165) is 4.57 Å². The van der Waals surface area contributed by atoms with Crippen LogP contribution in [-0.2, 0) is 4.79 Å². The van der Waals surface area contributed by atoms with Crippen LogP contribution >= 0.6 is 0 Å². The van der Waals surface area contributed by atoms with E-state index in [0.29, 0.717) is 36.8 Å². The zero-order valence-corrected chi connectivity index (χ0v) is 13.5. The highest BCUT2D eigenvalue weighted by molar-refractivity contribution is 5.95. The van der Waals surface area contributed by atoms with Gasteiger partial charge in [-0.15, -0.1) is 0 Å². The van der Waals surface area contributed by atoms with Gasteiger partial charge in [0, 0.05) is 24.1 Å². The van der Waals surface area contributed by atoms with E-state index in [1.165, 1.54) is 19.3 Å². The minimum absolute atomic E-state index is 0.0495. The Bertz CT molecular complexity index is 877. The maximum atomic E-state index is 12.0. The maximum absolute atomic E-state index is 12.0. The van der Waals surface area contributed by atoms with Gasteiger partial charge < -0.3 is 20.1 Å². The van der Waals surface area contributed by atoms with Gasteiger partial charge in [-0.1, -0.05) is 0 Å².